The summed E-state index contributed by atoms with van der Waals surface area (Å²) in [7, 11) is 0. The van der Waals surface area contributed by atoms with E-state index in [1.165, 1.54) is 0 Å². The number of hydrogen-bond donors (Lipinski definition) is 2. The van der Waals surface area contributed by atoms with E-state index in [9.17, 15) is 9.59 Å². The Morgan fingerprint density at radius 2 is 1.79 bits per heavy atom. The van der Waals surface area contributed by atoms with Gasteiger partial charge in [0.2, 0.25) is 5.91 Å². The molecule has 6 nitrogen and oxygen atoms in total. The first kappa shape index (κ1) is 19.2. The van der Waals surface area contributed by atoms with Crippen LogP contribution in [-0.4, -0.2) is 21.6 Å². The molecule has 1 aliphatic rings. The molecule has 4 rings (SSSR count). The number of aryl methyl sites for hydroxylation is 1. The maximum atomic E-state index is 12.7. The number of carbonyl (C=O) groups excluding carboxylic acids is 2. The summed E-state index contributed by atoms with van der Waals surface area (Å²) in [6.07, 6.45) is 1.94. The molecular weight excluding hydrogens is 388 g/mol. The van der Waals surface area contributed by atoms with E-state index in [1.807, 2.05) is 54.6 Å². The molecule has 1 aromatic heterocycles. The largest absolute Gasteiger partial charge is 0.348 e. The van der Waals surface area contributed by atoms with Crippen molar-refractivity contribution in [3.05, 3.63) is 76.6 Å². The number of amides is 2. The summed E-state index contributed by atoms with van der Waals surface area (Å²) < 4.78 is 1.56. The minimum Gasteiger partial charge on any atom is -0.348 e. The highest BCUT2D eigenvalue weighted by molar-refractivity contribution is 6.33. The number of rotatable bonds is 6. The van der Waals surface area contributed by atoms with Crippen molar-refractivity contribution in [2.45, 2.75) is 26.3 Å². The molecule has 2 N–H and O–H groups in total. The monoisotopic (exact) mass is 408 g/mol. The van der Waals surface area contributed by atoms with Gasteiger partial charge in [0.25, 0.3) is 5.91 Å². The first-order valence-electron chi connectivity index (χ1n) is 9.51. The number of hydrogen-bond acceptors (Lipinski definition) is 3. The summed E-state index contributed by atoms with van der Waals surface area (Å²) in [6, 6.07) is 16.9. The molecule has 0 unspecified atom stereocenters. The lowest BCUT2D eigenvalue weighted by Crippen LogP contribution is -2.23. The first-order chi connectivity index (χ1) is 14.0. The van der Waals surface area contributed by atoms with Gasteiger partial charge in [0.15, 0.2) is 0 Å². The van der Waals surface area contributed by atoms with Crippen molar-refractivity contribution < 1.29 is 9.59 Å². The summed E-state index contributed by atoms with van der Waals surface area (Å²) in [4.78, 5) is 24.5. The number of nitrogens with zero attached hydrogens (tertiary/aromatic N) is 2. The van der Waals surface area contributed by atoms with E-state index in [0.29, 0.717) is 17.8 Å². The highest BCUT2D eigenvalue weighted by atomic mass is 35.5. The summed E-state index contributed by atoms with van der Waals surface area (Å²) in [5, 5.41) is 10.5. The average molecular weight is 409 g/mol. The summed E-state index contributed by atoms with van der Waals surface area (Å²) in [5.74, 6) is -0.0360. The third kappa shape index (κ3) is 4.32. The van der Waals surface area contributed by atoms with Crippen LogP contribution in [0, 0.1) is 12.8 Å². The molecular formula is C22H21ClN4O2. The minimum atomic E-state index is -0.277. The number of carbonyl (C=O) groups is 2. The molecule has 2 amide bonds. The Balaban J connectivity index is 1.41. The van der Waals surface area contributed by atoms with Crippen LogP contribution in [0.2, 0.25) is 5.15 Å². The fourth-order valence-corrected chi connectivity index (χ4v) is 3.42. The van der Waals surface area contributed by atoms with Crippen molar-refractivity contribution in [3.63, 3.8) is 0 Å². The molecule has 3 aromatic rings. The number of nitrogens with one attached hydrogen (secondary N) is 2. The van der Waals surface area contributed by atoms with Crippen molar-refractivity contribution in [3.8, 4) is 5.69 Å². The predicted molar refractivity (Wildman–Crippen MR) is 112 cm³/mol. The van der Waals surface area contributed by atoms with Gasteiger partial charge in [0.05, 0.1) is 16.9 Å². The van der Waals surface area contributed by atoms with Gasteiger partial charge in [-0.1, -0.05) is 41.9 Å². The molecule has 0 bridgehead atoms. The van der Waals surface area contributed by atoms with Gasteiger partial charge in [-0.2, -0.15) is 5.10 Å². The molecule has 1 aliphatic carbocycles. The van der Waals surface area contributed by atoms with E-state index in [-0.39, 0.29) is 22.9 Å². The highest BCUT2D eigenvalue weighted by Crippen LogP contribution is 2.30. The van der Waals surface area contributed by atoms with Crippen LogP contribution in [-0.2, 0) is 11.3 Å². The molecule has 1 saturated carbocycles. The highest BCUT2D eigenvalue weighted by Gasteiger charge is 2.29. The van der Waals surface area contributed by atoms with E-state index >= 15 is 0 Å². The van der Waals surface area contributed by atoms with Crippen molar-refractivity contribution in [1.29, 1.82) is 0 Å². The normalized spacial score (nSPS) is 13.2. The van der Waals surface area contributed by atoms with E-state index < -0.39 is 0 Å². The van der Waals surface area contributed by atoms with Gasteiger partial charge >= 0.3 is 0 Å². The maximum Gasteiger partial charge on any atom is 0.256 e. The molecule has 29 heavy (non-hydrogen) atoms. The van der Waals surface area contributed by atoms with Crippen LogP contribution in [0.15, 0.2) is 54.6 Å². The second kappa shape index (κ2) is 8.09. The molecule has 0 atom stereocenters. The van der Waals surface area contributed by atoms with Crippen LogP contribution in [0.3, 0.4) is 0 Å². The molecule has 0 radical (unpaired) electrons. The molecule has 1 fully saturated rings. The number of anilines is 1. The van der Waals surface area contributed by atoms with Gasteiger partial charge in [-0.15, -0.1) is 0 Å². The molecule has 0 saturated heterocycles. The lowest BCUT2D eigenvalue weighted by atomic mass is 10.2. The SMILES string of the molecule is Cc1nn(-c2ccccc2)c(Cl)c1C(=O)NCc1ccc(NC(=O)C2CC2)cc1. The van der Waals surface area contributed by atoms with Gasteiger partial charge in [-0.3, -0.25) is 9.59 Å². The van der Waals surface area contributed by atoms with Crippen molar-refractivity contribution >= 4 is 29.1 Å². The lowest BCUT2D eigenvalue weighted by Gasteiger charge is -2.08. The van der Waals surface area contributed by atoms with Crippen LogP contribution >= 0.6 is 11.6 Å². The number of halogens is 1. The topological polar surface area (TPSA) is 76.0 Å². The molecule has 2 aromatic carbocycles. The summed E-state index contributed by atoms with van der Waals surface area (Å²) in [6.45, 7) is 2.11. The maximum absolute atomic E-state index is 12.7. The summed E-state index contributed by atoms with van der Waals surface area (Å²) >= 11 is 6.44. The smallest absolute Gasteiger partial charge is 0.256 e. The Morgan fingerprint density at radius 3 is 2.45 bits per heavy atom. The second-order valence-corrected chi connectivity index (χ2v) is 7.50. The summed E-state index contributed by atoms with van der Waals surface area (Å²) in [5.41, 5.74) is 3.41. The Kier molecular flexibility index (Phi) is 5.36. The fraction of sp³-hybridized carbons (Fsp3) is 0.227. The van der Waals surface area contributed by atoms with Crippen LogP contribution in [0.5, 0.6) is 0 Å². The third-order valence-electron chi connectivity index (χ3n) is 4.85. The van der Waals surface area contributed by atoms with Gasteiger partial charge < -0.3 is 10.6 Å². The van der Waals surface area contributed by atoms with E-state index in [0.717, 1.165) is 29.8 Å². The Bertz CT molecular complexity index is 1040. The molecule has 0 aliphatic heterocycles. The predicted octanol–water partition coefficient (Wildman–Crippen LogP) is 4.11. The van der Waals surface area contributed by atoms with Crippen molar-refractivity contribution in [2.24, 2.45) is 5.92 Å². The molecule has 1 heterocycles. The van der Waals surface area contributed by atoms with Crippen molar-refractivity contribution in [1.82, 2.24) is 15.1 Å². The van der Waals surface area contributed by atoms with Crippen LogP contribution in [0.4, 0.5) is 5.69 Å². The number of aromatic nitrogens is 2. The first-order valence-corrected chi connectivity index (χ1v) is 9.89. The van der Waals surface area contributed by atoms with Gasteiger partial charge in [-0.25, -0.2) is 4.68 Å². The number of para-hydroxylation sites is 1. The van der Waals surface area contributed by atoms with Crippen LogP contribution in [0.25, 0.3) is 5.69 Å². The van der Waals surface area contributed by atoms with E-state index in [1.54, 1.807) is 11.6 Å². The Morgan fingerprint density at radius 1 is 1.10 bits per heavy atom. The molecule has 7 heteroatoms. The third-order valence-corrected chi connectivity index (χ3v) is 5.20. The number of benzene rings is 2. The Labute approximate surface area is 173 Å². The molecule has 0 spiro atoms. The lowest BCUT2D eigenvalue weighted by molar-refractivity contribution is -0.117. The van der Waals surface area contributed by atoms with Crippen molar-refractivity contribution in [2.75, 3.05) is 5.32 Å². The zero-order chi connectivity index (χ0) is 20.4. The zero-order valence-electron chi connectivity index (χ0n) is 16.0. The Hall–Kier alpha value is -3.12. The van der Waals surface area contributed by atoms with Crippen LogP contribution in [0.1, 0.15) is 34.5 Å². The standard InChI is InChI=1S/C22H21ClN4O2/c1-14-19(20(23)27(26-14)18-5-3-2-4-6-18)22(29)24-13-15-7-11-17(12-8-15)25-21(28)16-9-10-16/h2-8,11-12,16H,9-10,13H2,1H3,(H,24,29)(H,25,28). The van der Waals surface area contributed by atoms with E-state index in [2.05, 4.69) is 15.7 Å². The van der Waals surface area contributed by atoms with Gasteiger partial charge in [-0.05, 0) is 49.6 Å². The second-order valence-electron chi connectivity index (χ2n) is 7.14. The minimum absolute atomic E-state index is 0.0756. The average Bonchev–Trinajstić information content (AvgIpc) is 3.53. The van der Waals surface area contributed by atoms with E-state index in [4.69, 9.17) is 11.6 Å². The van der Waals surface area contributed by atoms with Gasteiger partial charge in [0, 0.05) is 18.2 Å². The fourth-order valence-electron chi connectivity index (χ4n) is 3.06. The van der Waals surface area contributed by atoms with Crippen LogP contribution < -0.4 is 10.6 Å². The quantitative estimate of drug-likeness (QED) is 0.644. The van der Waals surface area contributed by atoms with Gasteiger partial charge in [0.1, 0.15) is 5.15 Å². The zero-order valence-corrected chi connectivity index (χ0v) is 16.7. The molecule has 148 valence electrons.